The predicted octanol–water partition coefficient (Wildman–Crippen LogP) is 1.67. The van der Waals surface area contributed by atoms with Crippen LogP contribution in [0.15, 0.2) is 18.2 Å². The van der Waals surface area contributed by atoms with E-state index in [1.807, 2.05) is 0 Å². The molecule has 2 rings (SSSR count). The van der Waals surface area contributed by atoms with E-state index in [4.69, 9.17) is 11.6 Å². The first-order valence-electron chi connectivity index (χ1n) is 5.21. The molecular weight excluding hydrogens is 261 g/mol. The summed E-state index contributed by atoms with van der Waals surface area (Å²) in [6.07, 6.45) is -0.212. The third kappa shape index (κ3) is 2.01. The number of halogens is 2. The number of amides is 2. The third-order valence-corrected chi connectivity index (χ3v) is 3.13. The van der Waals surface area contributed by atoms with Gasteiger partial charge in [-0.1, -0.05) is 11.6 Å². The second-order valence-corrected chi connectivity index (χ2v) is 4.47. The standard InChI is InChI=1S/C12H9ClFNO3/c1-15-10(16)5-8(12(15)18)11(17)7-3-2-6(13)4-9(7)14/h2-4,8H,5H2,1H3. The Kier molecular flexibility index (Phi) is 3.17. The van der Waals surface area contributed by atoms with Crippen LogP contribution < -0.4 is 0 Å². The van der Waals surface area contributed by atoms with Crippen molar-refractivity contribution in [2.24, 2.45) is 5.92 Å². The minimum Gasteiger partial charge on any atom is -0.293 e. The molecule has 1 fully saturated rings. The summed E-state index contributed by atoms with van der Waals surface area (Å²) in [6, 6.07) is 3.58. The lowest BCUT2D eigenvalue weighted by atomic mass is 9.96. The van der Waals surface area contributed by atoms with Crippen LogP contribution in [0.1, 0.15) is 16.8 Å². The molecule has 2 amide bonds. The minimum atomic E-state index is -1.13. The first kappa shape index (κ1) is 12.7. The Morgan fingerprint density at radius 3 is 2.61 bits per heavy atom. The highest BCUT2D eigenvalue weighted by Crippen LogP contribution is 2.24. The van der Waals surface area contributed by atoms with Crippen molar-refractivity contribution in [2.75, 3.05) is 7.05 Å². The highest BCUT2D eigenvalue weighted by atomic mass is 35.5. The van der Waals surface area contributed by atoms with Gasteiger partial charge in [0, 0.05) is 18.5 Å². The maximum atomic E-state index is 13.6. The Morgan fingerprint density at radius 1 is 1.44 bits per heavy atom. The second kappa shape index (κ2) is 4.49. The molecule has 6 heteroatoms. The number of hydrogen-bond acceptors (Lipinski definition) is 3. The average Bonchev–Trinajstić information content (AvgIpc) is 2.56. The van der Waals surface area contributed by atoms with Crippen molar-refractivity contribution in [3.05, 3.63) is 34.6 Å². The van der Waals surface area contributed by atoms with Crippen molar-refractivity contribution < 1.29 is 18.8 Å². The molecule has 1 aromatic rings. The number of carbonyl (C=O) groups is 3. The Morgan fingerprint density at radius 2 is 2.11 bits per heavy atom. The van der Waals surface area contributed by atoms with Gasteiger partial charge in [-0.2, -0.15) is 0 Å². The lowest BCUT2D eigenvalue weighted by Crippen LogP contribution is -2.29. The zero-order valence-corrected chi connectivity index (χ0v) is 10.2. The smallest absolute Gasteiger partial charge is 0.240 e. The predicted molar refractivity (Wildman–Crippen MR) is 61.6 cm³/mol. The molecule has 0 spiro atoms. The zero-order chi connectivity index (χ0) is 13.4. The SMILES string of the molecule is CN1C(=O)CC(C(=O)c2ccc(Cl)cc2F)C1=O. The molecule has 1 aliphatic rings. The minimum absolute atomic E-state index is 0.162. The first-order chi connectivity index (χ1) is 8.41. The summed E-state index contributed by atoms with van der Waals surface area (Å²) in [5.41, 5.74) is -0.221. The largest absolute Gasteiger partial charge is 0.293 e. The van der Waals surface area contributed by atoms with Gasteiger partial charge in [0.05, 0.1) is 5.56 Å². The lowest BCUT2D eigenvalue weighted by molar-refractivity contribution is -0.137. The summed E-state index contributed by atoms with van der Waals surface area (Å²) in [4.78, 5) is 35.8. The number of carbonyl (C=O) groups excluding carboxylic acids is 3. The first-order valence-corrected chi connectivity index (χ1v) is 5.59. The number of ketones is 1. The topological polar surface area (TPSA) is 54.5 Å². The molecule has 0 N–H and O–H groups in total. The van der Waals surface area contributed by atoms with Crippen molar-refractivity contribution in [3.8, 4) is 0 Å². The van der Waals surface area contributed by atoms with Gasteiger partial charge >= 0.3 is 0 Å². The maximum Gasteiger partial charge on any atom is 0.240 e. The summed E-state index contributed by atoms with van der Waals surface area (Å²) >= 11 is 5.58. The molecule has 0 saturated carbocycles. The van der Waals surface area contributed by atoms with E-state index < -0.39 is 29.3 Å². The van der Waals surface area contributed by atoms with E-state index in [0.29, 0.717) is 0 Å². The quantitative estimate of drug-likeness (QED) is 0.466. The van der Waals surface area contributed by atoms with Gasteiger partial charge in [-0.25, -0.2) is 4.39 Å². The van der Waals surface area contributed by atoms with Crippen molar-refractivity contribution in [1.82, 2.24) is 4.90 Å². The molecule has 1 unspecified atom stereocenters. The fourth-order valence-corrected chi connectivity index (χ4v) is 2.00. The molecule has 1 aliphatic heterocycles. The molecule has 0 radical (unpaired) electrons. The van der Waals surface area contributed by atoms with E-state index in [1.165, 1.54) is 19.2 Å². The van der Waals surface area contributed by atoms with Crippen LogP contribution in [-0.4, -0.2) is 29.5 Å². The van der Waals surface area contributed by atoms with Crippen molar-refractivity contribution in [2.45, 2.75) is 6.42 Å². The molecule has 1 atom stereocenters. The van der Waals surface area contributed by atoms with Gasteiger partial charge < -0.3 is 0 Å². The number of likely N-dealkylation sites (tertiary alicyclic amines) is 1. The molecular formula is C12H9ClFNO3. The second-order valence-electron chi connectivity index (χ2n) is 4.04. The van der Waals surface area contributed by atoms with E-state index in [-0.39, 0.29) is 17.0 Å². The average molecular weight is 270 g/mol. The molecule has 0 aromatic heterocycles. The summed E-state index contributed by atoms with van der Waals surface area (Å²) in [5, 5.41) is 0.162. The van der Waals surface area contributed by atoms with E-state index in [0.717, 1.165) is 11.0 Å². The van der Waals surface area contributed by atoms with Crippen LogP contribution in [0.5, 0.6) is 0 Å². The van der Waals surface area contributed by atoms with Crippen LogP contribution in [0.4, 0.5) is 4.39 Å². The van der Waals surface area contributed by atoms with Crippen LogP contribution in [-0.2, 0) is 9.59 Å². The van der Waals surface area contributed by atoms with Gasteiger partial charge in [0.2, 0.25) is 11.8 Å². The summed E-state index contributed by atoms with van der Waals surface area (Å²) < 4.78 is 13.6. The van der Waals surface area contributed by atoms with Gasteiger partial charge in [-0.05, 0) is 18.2 Å². The van der Waals surface area contributed by atoms with E-state index in [1.54, 1.807) is 0 Å². The lowest BCUT2D eigenvalue weighted by Gasteiger charge is -2.08. The molecule has 94 valence electrons. The van der Waals surface area contributed by atoms with Crippen LogP contribution in [0.25, 0.3) is 0 Å². The van der Waals surface area contributed by atoms with Gasteiger partial charge in [0.25, 0.3) is 0 Å². The fourth-order valence-electron chi connectivity index (χ4n) is 1.84. The Bertz CT molecular complexity index is 558. The molecule has 1 aromatic carbocycles. The van der Waals surface area contributed by atoms with Gasteiger partial charge in [-0.3, -0.25) is 19.3 Å². The molecule has 0 aliphatic carbocycles. The normalized spacial score (nSPS) is 19.5. The Labute approximate surface area is 107 Å². The number of nitrogens with zero attached hydrogens (tertiary/aromatic N) is 1. The number of Topliss-reactive ketones (excluding diaryl/α,β-unsaturated/α-hetero) is 1. The third-order valence-electron chi connectivity index (χ3n) is 2.89. The summed E-state index contributed by atoms with van der Waals surface area (Å²) in [5.74, 6) is -3.64. The monoisotopic (exact) mass is 269 g/mol. The molecule has 4 nitrogen and oxygen atoms in total. The van der Waals surface area contributed by atoms with Crippen LogP contribution in [0.3, 0.4) is 0 Å². The van der Waals surface area contributed by atoms with Crippen molar-refractivity contribution >= 4 is 29.2 Å². The number of hydrogen-bond donors (Lipinski definition) is 0. The molecule has 1 heterocycles. The fraction of sp³-hybridized carbons (Fsp3) is 0.250. The highest BCUT2D eigenvalue weighted by molar-refractivity contribution is 6.30. The Hall–Kier alpha value is -1.75. The summed E-state index contributed by atoms with van der Waals surface area (Å²) in [6.45, 7) is 0. The highest BCUT2D eigenvalue weighted by Gasteiger charge is 2.41. The molecule has 0 bridgehead atoms. The van der Waals surface area contributed by atoms with Gasteiger partial charge in [-0.15, -0.1) is 0 Å². The maximum absolute atomic E-state index is 13.6. The van der Waals surface area contributed by atoms with Gasteiger partial charge in [0.1, 0.15) is 11.7 Å². The van der Waals surface area contributed by atoms with Crippen LogP contribution in [0, 0.1) is 11.7 Å². The summed E-state index contributed by atoms with van der Waals surface area (Å²) in [7, 11) is 1.30. The Balaban J connectivity index is 2.33. The van der Waals surface area contributed by atoms with E-state index >= 15 is 0 Å². The van der Waals surface area contributed by atoms with Gasteiger partial charge in [0.15, 0.2) is 5.78 Å². The van der Waals surface area contributed by atoms with E-state index in [9.17, 15) is 18.8 Å². The zero-order valence-electron chi connectivity index (χ0n) is 9.44. The molecule has 1 saturated heterocycles. The van der Waals surface area contributed by atoms with Crippen LogP contribution in [0.2, 0.25) is 5.02 Å². The van der Waals surface area contributed by atoms with E-state index in [2.05, 4.69) is 0 Å². The molecule has 18 heavy (non-hydrogen) atoms. The number of benzene rings is 1. The number of imide groups is 1. The van der Waals surface area contributed by atoms with Crippen LogP contribution >= 0.6 is 11.6 Å². The van der Waals surface area contributed by atoms with Crippen molar-refractivity contribution in [3.63, 3.8) is 0 Å². The number of rotatable bonds is 2. The van der Waals surface area contributed by atoms with Crippen molar-refractivity contribution in [1.29, 1.82) is 0 Å².